The third-order valence-electron chi connectivity index (χ3n) is 1.90. The molecule has 0 fully saturated rings. The first kappa shape index (κ1) is 9.29. The zero-order valence-corrected chi connectivity index (χ0v) is 7.50. The van der Waals surface area contributed by atoms with Crippen LogP contribution >= 0.6 is 0 Å². The number of aryl methyl sites for hydroxylation is 1. The molecule has 0 saturated heterocycles. The molecular weight excluding hydrogens is 154 g/mol. The van der Waals surface area contributed by atoms with E-state index in [1.165, 1.54) is 0 Å². The van der Waals surface area contributed by atoms with Gasteiger partial charge in [0.15, 0.2) is 0 Å². The molecule has 1 unspecified atom stereocenters. The Morgan fingerprint density at radius 2 is 2.25 bits per heavy atom. The summed E-state index contributed by atoms with van der Waals surface area (Å²) < 4.78 is 5.40. The standard InChI is InChI=1S/C9H15NO2/c1-3-7-4-5-8(12-7)9(2,10)6-11/h4-5,11H,3,6,10H2,1-2H3. The lowest BCUT2D eigenvalue weighted by atomic mass is 10.0. The Kier molecular flexibility index (Phi) is 2.55. The number of rotatable bonds is 3. The van der Waals surface area contributed by atoms with Crippen molar-refractivity contribution in [2.24, 2.45) is 5.73 Å². The fourth-order valence-corrected chi connectivity index (χ4v) is 0.953. The van der Waals surface area contributed by atoms with Crippen molar-refractivity contribution in [3.63, 3.8) is 0 Å². The Morgan fingerprint density at radius 3 is 2.67 bits per heavy atom. The van der Waals surface area contributed by atoms with E-state index in [9.17, 15) is 0 Å². The van der Waals surface area contributed by atoms with Crippen LogP contribution in [0.25, 0.3) is 0 Å². The molecule has 0 bridgehead atoms. The molecule has 12 heavy (non-hydrogen) atoms. The summed E-state index contributed by atoms with van der Waals surface area (Å²) in [5, 5.41) is 8.94. The van der Waals surface area contributed by atoms with Gasteiger partial charge in [0.05, 0.1) is 12.1 Å². The van der Waals surface area contributed by atoms with E-state index in [1.807, 2.05) is 19.1 Å². The van der Waals surface area contributed by atoms with Crippen molar-refractivity contribution in [3.8, 4) is 0 Å². The molecule has 1 aromatic rings. The largest absolute Gasteiger partial charge is 0.464 e. The van der Waals surface area contributed by atoms with E-state index in [0.29, 0.717) is 5.76 Å². The lowest BCUT2D eigenvalue weighted by Crippen LogP contribution is -2.36. The van der Waals surface area contributed by atoms with Gasteiger partial charge < -0.3 is 15.3 Å². The fraction of sp³-hybridized carbons (Fsp3) is 0.556. The third kappa shape index (κ3) is 1.68. The van der Waals surface area contributed by atoms with Gasteiger partial charge in [-0.15, -0.1) is 0 Å². The molecule has 0 aliphatic rings. The quantitative estimate of drug-likeness (QED) is 0.709. The monoisotopic (exact) mass is 169 g/mol. The van der Waals surface area contributed by atoms with E-state index in [4.69, 9.17) is 15.3 Å². The zero-order chi connectivity index (χ0) is 9.19. The van der Waals surface area contributed by atoms with Gasteiger partial charge in [-0.25, -0.2) is 0 Å². The molecule has 0 amide bonds. The van der Waals surface area contributed by atoms with Crippen LogP contribution in [0.1, 0.15) is 25.4 Å². The SMILES string of the molecule is CCc1ccc(C(C)(N)CO)o1. The molecule has 3 heteroatoms. The van der Waals surface area contributed by atoms with Crippen molar-refractivity contribution in [1.82, 2.24) is 0 Å². The number of furan rings is 1. The van der Waals surface area contributed by atoms with E-state index in [0.717, 1.165) is 12.2 Å². The van der Waals surface area contributed by atoms with Gasteiger partial charge in [0.2, 0.25) is 0 Å². The molecule has 0 aliphatic carbocycles. The third-order valence-corrected chi connectivity index (χ3v) is 1.90. The van der Waals surface area contributed by atoms with E-state index in [2.05, 4.69) is 0 Å². The summed E-state index contributed by atoms with van der Waals surface area (Å²) in [4.78, 5) is 0. The van der Waals surface area contributed by atoms with Crippen LogP contribution in [-0.2, 0) is 12.0 Å². The van der Waals surface area contributed by atoms with Crippen LogP contribution in [-0.4, -0.2) is 11.7 Å². The van der Waals surface area contributed by atoms with E-state index >= 15 is 0 Å². The van der Waals surface area contributed by atoms with Crippen molar-refractivity contribution >= 4 is 0 Å². The average Bonchev–Trinajstić information content (AvgIpc) is 2.52. The van der Waals surface area contributed by atoms with Gasteiger partial charge in [0.25, 0.3) is 0 Å². The van der Waals surface area contributed by atoms with Gasteiger partial charge in [-0.05, 0) is 19.1 Å². The Labute approximate surface area is 72.2 Å². The predicted octanol–water partition coefficient (Wildman–Crippen LogP) is 1.01. The van der Waals surface area contributed by atoms with Crippen LogP contribution in [0.2, 0.25) is 0 Å². The molecule has 0 radical (unpaired) electrons. The Hall–Kier alpha value is -0.800. The average molecular weight is 169 g/mol. The first-order valence-electron chi connectivity index (χ1n) is 4.09. The molecule has 0 saturated carbocycles. The first-order chi connectivity index (χ1) is 5.60. The topological polar surface area (TPSA) is 59.4 Å². The number of aliphatic hydroxyl groups is 1. The second-order valence-corrected chi connectivity index (χ2v) is 3.20. The lowest BCUT2D eigenvalue weighted by Gasteiger charge is -2.18. The molecule has 3 nitrogen and oxygen atoms in total. The molecular formula is C9H15NO2. The van der Waals surface area contributed by atoms with Crippen LogP contribution in [0.15, 0.2) is 16.5 Å². The minimum absolute atomic E-state index is 0.107. The van der Waals surface area contributed by atoms with E-state index < -0.39 is 5.54 Å². The number of aliphatic hydroxyl groups excluding tert-OH is 1. The van der Waals surface area contributed by atoms with Crippen molar-refractivity contribution < 1.29 is 9.52 Å². The summed E-state index contributed by atoms with van der Waals surface area (Å²) in [7, 11) is 0. The maximum atomic E-state index is 8.94. The zero-order valence-electron chi connectivity index (χ0n) is 7.50. The first-order valence-corrected chi connectivity index (χ1v) is 4.09. The summed E-state index contributed by atoms with van der Waals surface area (Å²) in [6.07, 6.45) is 0.849. The molecule has 1 heterocycles. The van der Waals surface area contributed by atoms with E-state index in [-0.39, 0.29) is 6.61 Å². The molecule has 1 atom stereocenters. The minimum Gasteiger partial charge on any atom is -0.464 e. The summed E-state index contributed by atoms with van der Waals surface area (Å²) in [6.45, 7) is 3.64. The normalized spacial score (nSPS) is 16.0. The summed E-state index contributed by atoms with van der Waals surface area (Å²) in [5.74, 6) is 1.54. The van der Waals surface area contributed by atoms with Gasteiger partial charge in [-0.3, -0.25) is 0 Å². The van der Waals surface area contributed by atoms with Crippen molar-refractivity contribution in [2.45, 2.75) is 25.8 Å². The highest BCUT2D eigenvalue weighted by molar-refractivity contribution is 5.14. The van der Waals surface area contributed by atoms with Gasteiger partial charge in [-0.1, -0.05) is 6.92 Å². The Balaban J connectivity index is 2.88. The van der Waals surface area contributed by atoms with Crippen LogP contribution in [0.4, 0.5) is 0 Å². The van der Waals surface area contributed by atoms with Crippen molar-refractivity contribution in [2.75, 3.05) is 6.61 Å². The van der Waals surface area contributed by atoms with Crippen LogP contribution < -0.4 is 5.73 Å². The maximum Gasteiger partial charge on any atom is 0.126 e. The van der Waals surface area contributed by atoms with Gasteiger partial charge in [0.1, 0.15) is 11.5 Å². The van der Waals surface area contributed by atoms with Crippen LogP contribution in [0, 0.1) is 0 Å². The van der Waals surface area contributed by atoms with Crippen LogP contribution in [0.3, 0.4) is 0 Å². The molecule has 1 rings (SSSR count). The molecule has 0 aliphatic heterocycles. The number of hydrogen-bond acceptors (Lipinski definition) is 3. The highest BCUT2D eigenvalue weighted by atomic mass is 16.3. The minimum atomic E-state index is -0.757. The smallest absolute Gasteiger partial charge is 0.126 e. The number of nitrogens with two attached hydrogens (primary N) is 1. The lowest BCUT2D eigenvalue weighted by molar-refractivity contribution is 0.186. The number of hydrogen-bond donors (Lipinski definition) is 2. The van der Waals surface area contributed by atoms with Gasteiger partial charge in [0, 0.05) is 6.42 Å². The second-order valence-electron chi connectivity index (χ2n) is 3.20. The summed E-state index contributed by atoms with van der Waals surface area (Å²) >= 11 is 0. The highest BCUT2D eigenvalue weighted by Gasteiger charge is 2.23. The molecule has 1 aromatic heterocycles. The molecule has 0 aromatic carbocycles. The van der Waals surface area contributed by atoms with Crippen molar-refractivity contribution in [1.29, 1.82) is 0 Å². The van der Waals surface area contributed by atoms with Crippen molar-refractivity contribution in [3.05, 3.63) is 23.7 Å². The summed E-state index contributed by atoms with van der Waals surface area (Å²) in [6, 6.07) is 3.70. The fourth-order valence-electron chi connectivity index (χ4n) is 0.953. The molecule has 3 N–H and O–H groups in total. The second kappa shape index (κ2) is 3.29. The van der Waals surface area contributed by atoms with Gasteiger partial charge in [-0.2, -0.15) is 0 Å². The van der Waals surface area contributed by atoms with E-state index in [1.54, 1.807) is 6.92 Å². The Morgan fingerprint density at radius 1 is 1.58 bits per heavy atom. The molecule has 68 valence electrons. The highest BCUT2D eigenvalue weighted by Crippen LogP contribution is 2.19. The van der Waals surface area contributed by atoms with Gasteiger partial charge >= 0.3 is 0 Å². The van der Waals surface area contributed by atoms with Crippen LogP contribution in [0.5, 0.6) is 0 Å². The maximum absolute atomic E-state index is 8.94. The Bertz CT molecular complexity index is 253. The summed E-state index contributed by atoms with van der Waals surface area (Å²) in [5.41, 5.74) is 5.01. The predicted molar refractivity (Wildman–Crippen MR) is 46.7 cm³/mol. The molecule has 0 spiro atoms.